The first kappa shape index (κ1) is 9.92. The average molecular weight is 224 g/mol. The number of hydrogen-bond donors (Lipinski definition) is 1. The van der Waals surface area contributed by atoms with Crippen LogP contribution in [-0.4, -0.2) is 26.1 Å². The van der Waals surface area contributed by atoms with E-state index in [1.54, 1.807) is 12.4 Å². The minimum absolute atomic E-state index is 0.188. The summed E-state index contributed by atoms with van der Waals surface area (Å²) in [6.45, 7) is 4.25. The molecule has 2 aromatic rings. The molecule has 0 unspecified atom stereocenters. The number of fused-ring (bicyclic) bond motifs is 1. The van der Waals surface area contributed by atoms with Gasteiger partial charge in [0.15, 0.2) is 11.5 Å². The SMILES string of the molecule is C=CCNc1nc(Cl)nc2ncn(C)c12. The zero-order valence-electron chi connectivity index (χ0n) is 8.24. The van der Waals surface area contributed by atoms with Crippen molar-refractivity contribution in [3.63, 3.8) is 0 Å². The fourth-order valence-electron chi connectivity index (χ4n) is 1.32. The number of aryl methyl sites for hydroxylation is 1. The van der Waals surface area contributed by atoms with Crippen molar-refractivity contribution >= 4 is 28.6 Å². The largest absolute Gasteiger partial charge is 0.365 e. The Kier molecular flexibility index (Phi) is 2.55. The summed E-state index contributed by atoms with van der Waals surface area (Å²) < 4.78 is 1.84. The number of hydrogen-bond acceptors (Lipinski definition) is 4. The molecule has 0 aliphatic heterocycles. The topological polar surface area (TPSA) is 55.6 Å². The summed E-state index contributed by atoms with van der Waals surface area (Å²) in [4.78, 5) is 12.2. The summed E-state index contributed by atoms with van der Waals surface area (Å²) in [7, 11) is 1.88. The predicted molar refractivity (Wildman–Crippen MR) is 60.0 cm³/mol. The van der Waals surface area contributed by atoms with Gasteiger partial charge in [-0.3, -0.25) is 0 Å². The smallest absolute Gasteiger partial charge is 0.226 e. The number of nitrogens with one attached hydrogen (secondary N) is 1. The fourth-order valence-corrected chi connectivity index (χ4v) is 1.49. The van der Waals surface area contributed by atoms with Crippen LogP contribution in [0.3, 0.4) is 0 Å². The molecule has 2 aromatic heterocycles. The van der Waals surface area contributed by atoms with Crippen molar-refractivity contribution < 1.29 is 0 Å². The molecule has 0 aliphatic rings. The van der Waals surface area contributed by atoms with E-state index in [1.807, 2.05) is 11.6 Å². The molecule has 0 aromatic carbocycles. The van der Waals surface area contributed by atoms with Gasteiger partial charge in [-0.15, -0.1) is 6.58 Å². The summed E-state index contributed by atoms with van der Waals surface area (Å²) >= 11 is 5.77. The quantitative estimate of drug-likeness (QED) is 0.635. The van der Waals surface area contributed by atoms with Gasteiger partial charge in [0.2, 0.25) is 5.28 Å². The van der Waals surface area contributed by atoms with Crippen LogP contribution in [-0.2, 0) is 7.05 Å². The van der Waals surface area contributed by atoms with E-state index >= 15 is 0 Å². The lowest BCUT2D eigenvalue weighted by atomic mass is 10.4. The second kappa shape index (κ2) is 3.86. The Labute approximate surface area is 91.8 Å². The third kappa shape index (κ3) is 1.78. The average Bonchev–Trinajstić information content (AvgIpc) is 2.56. The molecule has 2 heterocycles. The number of halogens is 1. The lowest BCUT2D eigenvalue weighted by molar-refractivity contribution is 0.944. The van der Waals surface area contributed by atoms with Crippen molar-refractivity contribution in [3.8, 4) is 0 Å². The van der Waals surface area contributed by atoms with Gasteiger partial charge in [0, 0.05) is 13.6 Å². The molecule has 0 aliphatic carbocycles. The Morgan fingerprint density at radius 2 is 2.40 bits per heavy atom. The van der Waals surface area contributed by atoms with Crippen molar-refractivity contribution in [2.75, 3.05) is 11.9 Å². The van der Waals surface area contributed by atoms with Gasteiger partial charge in [-0.25, -0.2) is 4.98 Å². The number of rotatable bonds is 3. The molecule has 0 spiro atoms. The lowest BCUT2D eigenvalue weighted by Crippen LogP contribution is -2.04. The van der Waals surface area contributed by atoms with Crippen molar-refractivity contribution in [3.05, 3.63) is 24.3 Å². The van der Waals surface area contributed by atoms with E-state index in [2.05, 4.69) is 26.8 Å². The monoisotopic (exact) mass is 223 g/mol. The highest BCUT2D eigenvalue weighted by molar-refractivity contribution is 6.28. The van der Waals surface area contributed by atoms with E-state index in [4.69, 9.17) is 11.6 Å². The normalized spacial score (nSPS) is 10.5. The molecule has 0 saturated heterocycles. The molecule has 5 nitrogen and oxygen atoms in total. The van der Waals surface area contributed by atoms with Crippen LogP contribution in [0.5, 0.6) is 0 Å². The van der Waals surface area contributed by atoms with Crippen LogP contribution in [0.15, 0.2) is 19.0 Å². The minimum Gasteiger partial charge on any atom is -0.365 e. The summed E-state index contributed by atoms with van der Waals surface area (Å²) in [6.07, 6.45) is 3.42. The molecule has 0 radical (unpaired) electrons. The standard InChI is InChI=1S/C9H10ClN5/c1-3-4-11-7-6-8(12-5-15(6)2)14-9(10)13-7/h3,5H,1,4H2,2H3,(H,11,13,14). The van der Waals surface area contributed by atoms with E-state index in [0.29, 0.717) is 18.0 Å². The molecule has 0 bridgehead atoms. The molecular formula is C9H10ClN5. The van der Waals surface area contributed by atoms with Crippen LogP contribution in [0.1, 0.15) is 0 Å². The van der Waals surface area contributed by atoms with Gasteiger partial charge >= 0.3 is 0 Å². The van der Waals surface area contributed by atoms with E-state index in [0.717, 1.165) is 5.52 Å². The van der Waals surface area contributed by atoms with E-state index in [1.165, 1.54) is 0 Å². The molecule has 0 saturated carbocycles. The van der Waals surface area contributed by atoms with Gasteiger partial charge in [0.05, 0.1) is 6.33 Å². The van der Waals surface area contributed by atoms with Crippen molar-refractivity contribution in [1.82, 2.24) is 19.5 Å². The van der Waals surface area contributed by atoms with Crippen LogP contribution in [0.25, 0.3) is 11.2 Å². The predicted octanol–water partition coefficient (Wildman–Crippen LogP) is 1.61. The molecule has 0 atom stereocenters. The third-order valence-electron chi connectivity index (χ3n) is 1.96. The summed E-state index contributed by atoms with van der Waals surface area (Å²) in [5.74, 6) is 0.671. The Hall–Kier alpha value is -1.62. The summed E-state index contributed by atoms with van der Waals surface area (Å²) in [6, 6.07) is 0. The molecule has 0 fully saturated rings. The number of imidazole rings is 1. The van der Waals surface area contributed by atoms with Crippen LogP contribution < -0.4 is 5.32 Å². The maximum absolute atomic E-state index is 5.77. The van der Waals surface area contributed by atoms with Crippen molar-refractivity contribution in [2.45, 2.75) is 0 Å². The molecular weight excluding hydrogens is 214 g/mol. The van der Waals surface area contributed by atoms with Gasteiger partial charge < -0.3 is 9.88 Å². The van der Waals surface area contributed by atoms with E-state index in [9.17, 15) is 0 Å². The zero-order valence-corrected chi connectivity index (χ0v) is 8.99. The third-order valence-corrected chi connectivity index (χ3v) is 2.13. The van der Waals surface area contributed by atoms with Gasteiger partial charge in [0.1, 0.15) is 5.52 Å². The number of anilines is 1. The van der Waals surface area contributed by atoms with Gasteiger partial charge in [-0.1, -0.05) is 6.08 Å². The zero-order chi connectivity index (χ0) is 10.8. The van der Waals surface area contributed by atoms with Crippen molar-refractivity contribution in [2.24, 2.45) is 7.05 Å². The maximum Gasteiger partial charge on any atom is 0.226 e. The molecule has 1 N–H and O–H groups in total. The van der Waals surface area contributed by atoms with Crippen LogP contribution in [0.2, 0.25) is 5.28 Å². The van der Waals surface area contributed by atoms with Crippen LogP contribution in [0, 0.1) is 0 Å². The molecule has 0 amide bonds. The molecule has 78 valence electrons. The van der Waals surface area contributed by atoms with Crippen LogP contribution >= 0.6 is 11.6 Å². The first-order chi connectivity index (χ1) is 7.22. The maximum atomic E-state index is 5.77. The molecule has 6 heteroatoms. The minimum atomic E-state index is 0.188. The molecule has 15 heavy (non-hydrogen) atoms. The molecule has 2 rings (SSSR count). The van der Waals surface area contributed by atoms with Gasteiger partial charge in [0.25, 0.3) is 0 Å². The highest BCUT2D eigenvalue weighted by Gasteiger charge is 2.09. The van der Waals surface area contributed by atoms with E-state index < -0.39 is 0 Å². The fraction of sp³-hybridized carbons (Fsp3) is 0.222. The number of nitrogens with zero attached hydrogens (tertiary/aromatic N) is 4. The Morgan fingerprint density at radius 3 is 3.13 bits per heavy atom. The summed E-state index contributed by atoms with van der Waals surface area (Å²) in [5.41, 5.74) is 1.42. The first-order valence-electron chi connectivity index (χ1n) is 4.41. The summed E-state index contributed by atoms with van der Waals surface area (Å²) in [5, 5.41) is 3.28. The highest BCUT2D eigenvalue weighted by Crippen LogP contribution is 2.20. The second-order valence-corrected chi connectivity index (χ2v) is 3.38. The first-order valence-corrected chi connectivity index (χ1v) is 4.79. The Bertz CT molecular complexity index is 504. The number of aromatic nitrogens is 4. The van der Waals surface area contributed by atoms with E-state index in [-0.39, 0.29) is 5.28 Å². The van der Waals surface area contributed by atoms with Crippen LogP contribution in [0.4, 0.5) is 5.82 Å². The van der Waals surface area contributed by atoms with Crippen molar-refractivity contribution in [1.29, 1.82) is 0 Å². The lowest BCUT2D eigenvalue weighted by Gasteiger charge is -2.05. The highest BCUT2D eigenvalue weighted by atomic mass is 35.5. The van der Waals surface area contributed by atoms with Gasteiger partial charge in [-0.05, 0) is 11.6 Å². The van der Waals surface area contributed by atoms with Gasteiger partial charge in [-0.2, -0.15) is 9.97 Å². The Morgan fingerprint density at radius 1 is 1.60 bits per heavy atom. The Balaban J connectivity index is 2.58. The second-order valence-electron chi connectivity index (χ2n) is 3.04.